The zero-order valence-corrected chi connectivity index (χ0v) is 12.0. The number of benzene rings is 1. The molecular formula is C16H21FO3. The molecule has 1 aliphatic carbocycles. The van der Waals surface area contributed by atoms with E-state index in [1.54, 1.807) is 6.07 Å². The van der Waals surface area contributed by atoms with Gasteiger partial charge in [0.25, 0.3) is 0 Å². The zero-order valence-electron chi connectivity index (χ0n) is 12.0. The Morgan fingerprint density at radius 1 is 1.35 bits per heavy atom. The second kappa shape index (κ2) is 5.81. The van der Waals surface area contributed by atoms with Crippen molar-refractivity contribution in [2.24, 2.45) is 0 Å². The van der Waals surface area contributed by atoms with Crippen molar-refractivity contribution in [1.82, 2.24) is 0 Å². The van der Waals surface area contributed by atoms with Gasteiger partial charge < -0.3 is 9.84 Å². The molecule has 0 amide bonds. The van der Waals surface area contributed by atoms with Crippen molar-refractivity contribution in [2.45, 2.75) is 50.9 Å². The van der Waals surface area contributed by atoms with Gasteiger partial charge in [-0.2, -0.15) is 0 Å². The summed E-state index contributed by atoms with van der Waals surface area (Å²) in [5, 5.41) is 9.75. The average Bonchev–Trinajstić information content (AvgIpc) is 2.47. The van der Waals surface area contributed by atoms with Gasteiger partial charge in [0.15, 0.2) is 0 Å². The fourth-order valence-electron chi connectivity index (χ4n) is 3.17. The summed E-state index contributed by atoms with van der Waals surface area (Å²) >= 11 is 0. The number of methoxy groups -OCH3 is 1. The van der Waals surface area contributed by atoms with Crippen molar-refractivity contribution in [3.05, 3.63) is 29.1 Å². The summed E-state index contributed by atoms with van der Waals surface area (Å²) in [5.41, 5.74) is 0.249. The van der Waals surface area contributed by atoms with E-state index in [0.717, 1.165) is 19.3 Å². The highest BCUT2D eigenvalue weighted by atomic mass is 19.1. The van der Waals surface area contributed by atoms with Crippen LogP contribution in [0.3, 0.4) is 0 Å². The lowest BCUT2D eigenvalue weighted by Gasteiger charge is -2.35. The normalized spacial score (nSPS) is 17.8. The van der Waals surface area contributed by atoms with E-state index in [9.17, 15) is 14.3 Å². The molecule has 0 heterocycles. The van der Waals surface area contributed by atoms with Crippen molar-refractivity contribution in [1.29, 1.82) is 0 Å². The third kappa shape index (κ3) is 2.39. The first-order valence-electron chi connectivity index (χ1n) is 7.15. The lowest BCUT2D eigenvalue weighted by Crippen LogP contribution is -2.38. The van der Waals surface area contributed by atoms with Crippen LogP contribution >= 0.6 is 0 Å². The van der Waals surface area contributed by atoms with E-state index in [1.165, 1.54) is 13.2 Å². The van der Waals surface area contributed by atoms with Gasteiger partial charge in [0.2, 0.25) is 0 Å². The summed E-state index contributed by atoms with van der Waals surface area (Å²) in [4.78, 5) is 11.9. The van der Waals surface area contributed by atoms with Crippen molar-refractivity contribution >= 4 is 5.97 Å². The molecule has 1 saturated carbocycles. The third-order valence-corrected chi connectivity index (χ3v) is 4.38. The van der Waals surface area contributed by atoms with Crippen LogP contribution in [0.2, 0.25) is 0 Å². The van der Waals surface area contributed by atoms with Gasteiger partial charge in [-0.15, -0.1) is 0 Å². The monoisotopic (exact) mass is 280 g/mol. The van der Waals surface area contributed by atoms with Gasteiger partial charge in [-0.3, -0.25) is 4.79 Å². The molecular weight excluding hydrogens is 259 g/mol. The van der Waals surface area contributed by atoms with E-state index in [2.05, 4.69) is 0 Å². The van der Waals surface area contributed by atoms with Crippen LogP contribution in [-0.2, 0) is 16.6 Å². The molecule has 0 saturated heterocycles. The van der Waals surface area contributed by atoms with Crippen molar-refractivity contribution in [3.8, 4) is 5.75 Å². The molecule has 110 valence electrons. The molecule has 1 aromatic carbocycles. The Morgan fingerprint density at radius 2 is 2.00 bits per heavy atom. The topological polar surface area (TPSA) is 46.5 Å². The second-order valence-corrected chi connectivity index (χ2v) is 5.45. The highest BCUT2D eigenvalue weighted by molar-refractivity contribution is 5.82. The maximum Gasteiger partial charge on any atom is 0.314 e. The second-order valence-electron chi connectivity index (χ2n) is 5.45. The highest BCUT2D eigenvalue weighted by Crippen LogP contribution is 2.44. The fraction of sp³-hybridized carbons (Fsp3) is 0.562. The number of rotatable bonds is 4. The number of aliphatic carboxylic acids is 1. The van der Waals surface area contributed by atoms with Crippen LogP contribution in [0.1, 0.15) is 50.2 Å². The summed E-state index contributed by atoms with van der Waals surface area (Å²) in [5.74, 6) is -0.808. The van der Waals surface area contributed by atoms with Gasteiger partial charge >= 0.3 is 5.97 Å². The zero-order chi connectivity index (χ0) is 14.8. The summed E-state index contributed by atoms with van der Waals surface area (Å²) in [7, 11) is 1.46. The van der Waals surface area contributed by atoms with Gasteiger partial charge in [0.05, 0.1) is 12.5 Å². The van der Waals surface area contributed by atoms with Crippen LogP contribution in [0.4, 0.5) is 4.39 Å². The van der Waals surface area contributed by atoms with E-state index in [-0.39, 0.29) is 5.82 Å². The van der Waals surface area contributed by atoms with Crippen molar-refractivity contribution < 1.29 is 19.0 Å². The molecule has 0 atom stereocenters. The summed E-state index contributed by atoms with van der Waals surface area (Å²) < 4.78 is 19.1. The first kappa shape index (κ1) is 14.8. The third-order valence-electron chi connectivity index (χ3n) is 4.38. The average molecular weight is 280 g/mol. The molecule has 0 spiro atoms. The predicted molar refractivity (Wildman–Crippen MR) is 74.7 cm³/mol. The molecule has 1 aliphatic rings. The predicted octanol–water partition coefficient (Wildman–Crippen LogP) is 3.68. The number of carboxylic acids is 1. The van der Waals surface area contributed by atoms with Crippen molar-refractivity contribution in [2.75, 3.05) is 7.11 Å². The Labute approximate surface area is 118 Å². The molecule has 0 radical (unpaired) electrons. The van der Waals surface area contributed by atoms with Gasteiger partial charge in [0, 0.05) is 11.6 Å². The van der Waals surface area contributed by atoms with E-state index >= 15 is 0 Å². The van der Waals surface area contributed by atoms with Crippen LogP contribution in [0.15, 0.2) is 12.1 Å². The standard InChI is InChI=1S/C16H21FO3/c1-3-11-9-12(14(20-2)10-13(11)17)16(15(18)19)7-5-4-6-8-16/h9-10H,3-8H2,1-2H3,(H,18,19). The fourth-order valence-corrected chi connectivity index (χ4v) is 3.17. The Morgan fingerprint density at radius 3 is 2.50 bits per heavy atom. The maximum atomic E-state index is 13.9. The number of hydrogen-bond donors (Lipinski definition) is 1. The lowest BCUT2D eigenvalue weighted by atomic mass is 9.68. The summed E-state index contributed by atoms with van der Waals surface area (Å²) in [6.45, 7) is 1.86. The van der Waals surface area contributed by atoms with Gasteiger partial charge in [-0.1, -0.05) is 26.2 Å². The number of ether oxygens (including phenoxy) is 1. The number of hydrogen-bond acceptors (Lipinski definition) is 2. The van der Waals surface area contributed by atoms with Crippen LogP contribution in [0.5, 0.6) is 5.75 Å². The number of carbonyl (C=O) groups is 1. The van der Waals surface area contributed by atoms with Gasteiger partial charge in [0.1, 0.15) is 11.6 Å². The Balaban J connectivity index is 2.60. The molecule has 2 rings (SSSR count). The minimum Gasteiger partial charge on any atom is -0.496 e. The van der Waals surface area contributed by atoms with E-state index in [1.807, 2.05) is 6.92 Å². The SMILES string of the molecule is CCc1cc(C2(C(=O)O)CCCCC2)c(OC)cc1F. The number of carboxylic acid groups (broad SMARTS) is 1. The first-order chi connectivity index (χ1) is 9.55. The van der Waals surface area contributed by atoms with Crippen molar-refractivity contribution in [3.63, 3.8) is 0 Å². The molecule has 0 aromatic heterocycles. The first-order valence-corrected chi connectivity index (χ1v) is 7.15. The van der Waals surface area contributed by atoms with E-state index in [0.29, 0.717) is 36.1 Å². The largest absolute Gasteiger partial charge is 0.496 e. The van der Waals surface area contributed by atoms with E-state index < -0.39 is 11.4 Å². The number of halogens is 1. The molecule has 1 N–H and O–H groups in total. The molecule has 20 heavy (non-hydrogen) atoms. The molecule has 0 aliphatic heterocycles. The molecule has 1 fully saturated rings. The molecule has 0 unspecified atom stereocenters. The van der Waals surface area contributed by atoms with Gasteiger partial charge in [-0.05, 0) is 30.9 Å². The van der Waals surface area contributed by atoms with E-state index in [4.69, 9.17) is 4.74 Å². The van der Waals surface area contributed by atoms with Gasteiger partial charge in [-0.25, -0.2) is 4.39 Å². The molecule has 1 aromatic rings. The summed E-state index contributed by atoms with van der Waals surface area (Å²) in [6, 6.07) is 3.01. The minimum atomic E-state index is -0.929. The minimum absolute atomic E-state index is 0.329. The Bertz CT molecular complexity index is 505. The smallest absolute Gasteiger partial charge is 0.314 e. The van der Waals surface area contributed by atoms with Crippen LogP contribution < -0.4 is 4.74 Å². The van der Waals surface area contributed by atoms with Crippen LogP contribution in [0.25, 0.3) is 0 Å². The Hall–Kier alpha value is -1.58. The molecule has 4 heteroatoms. The summed E-state index contributed by atoms with van der Waals surface area (Å²) in [6.07, 6.45) is 4.54. The Kier molecular flexibility index (Phi) is 4.31. The lowest BCUT2D eigenvalue weighted by molar-refractivity contribution is -0.145. The quantitative estimate of drug-likeness (QED) is 0.915. The molecule has 3 nitrogen and oxygen atoms in total. The van der Waals surface area contributed by atoms with Crippen LogP contribution in [-0.4, -0.2) is 18.2 Å². The molecule has 0 bridgehead atoms. The highest BCUT2D eigenvalue weighted by Gasteiger charge is 2.43. The number of aryl methyl sites for hydroxylation is 1. The van der Waals surface area contributed by atoms with Crippen LogP contribution in [0, 0.1) is 5.82 Å². The maximum absolute atomic E-state index is 13.9.